The number of methoxy groups -OCH3 is 1. The summed E-state index contributed by atoms with van der Waals surface area (Å²) in [6, 6.07) is 9.84. The molecule has 0 spiro atoms. The number of carbonyl (C=O) groups excluding carboxylic acids is 2. The number of nitrogens with one attached hydrogen (secondary N) is 2. The number of nitrogens with zero attached hydrogens (tertiary/aromatic N) is 2. The van der Waals surface area contributed by atoms with Crippen molar-refractivity contribution in [3.63, 3.8) is 0 Å². The van der Waals surface area contributed by atoms with Crippen molar-refractivity contribution in [1.82, 2.24) is 20.2 Å². The van der Waals surface area contributed by atoms with Gasteiger partial charge in [0.25, 0.3) is 5.91 Å². The number of aromatic hydroxyl groups is 1. The Morgan fingerprint density at radius 1 is 1.23 bits per heavy atom. The largest absolute Gasteiger partial charge is 0.497 e. The fraction of sp³-hybridized carbons (Fsp3) is 0.190. The number of aromatic nitrogens is 2. The number of furan rings is 1. The number of hydrogen-bond acceptors (Lipinski definition) is 6. The molecule has 1 fully saturated rings. The molecule has 5 rings (SSSR count). The third-order valence-electron chi connectivity index (χ3n) is 5.35. The van der Waals surface area contributed by atoms with Gasteiger partial charge in [-0.25, -0.2) is 9.78 Å². The van der Waals surface area contributed by atoms with Gasteiger partial charge in [0, 0.05) is 28.7 Å². The third-order valence-corrected chi connectivity index (χ3v) is 5.35. The standard InChI is InChI=1S/C21H18N4O5/c1-11-3-6-16-15(22-11)8-17(30-16)21(19(27)23-20(28)24-21)10-25-9-12-4-5-13(29-2)7-14(12)18(25)26/h3-9,26H,10H2,1-2H3,(H2,23,24,27,28)/t21-/m0/s1. The average molecular weight is 406 g/mol. The number of urea groups is 1. The molecule has 1 aliphatic rings. The fourth-order valence-corrected chi connectivity index (χ4v) is 3.82. The minimum atomic E-state index is -1.54. The Hall–Kier alpha value is -4.01. The van der Waals surface area contributed by atoms with Gasteiger partial charge in [-0.1, -0.05) is 0 Å². The zero-order valence-corrected chi connectivity index (χ0v) is 16.2. The Labute approximate surface area is 170 Å². The number of rotatable bonds is 4. The monoisotopic (exact) mass is 406 g/mol. The second-order valence-electron chi connectivity index (χ2n) is 7.29. The summed E-state index contributed by atoms with van der Waals surface area (Å²) in [5.41, 5.74) is 0.329. The summed E-state index contributed by atoms with van der Waals surface area (Å²) in [6.45, 7) is 1.77. The van der Waals surface area contributed by atoms with Gasteiger partial charge in [-0.15, -0.1) is 0 Å². The first-order valence-corrected chi connectivity index (χ1v) is 9.27. The Balaban J connectivity index is 1.65. The summed E-state index contributed by atoms with van der Waals surface area (Å²) in [5, 5.41) is 17.0. The van der Waals surface area contributed by atoms with Crippen LogP contribution in [0.2, 0.25) is 0 Å². The number of ether oxygens (including phenoxy) is 1. The molecule has 4 heterocycles. The van der Waals surface area contributed by atoms with Crippen molar-refractivity contribution in [1.29, 1.82) is 0 Å². The molecule has 4 aromatic rings. The van der Waals surface area contributed by atoms with Crippen molar-refractivity contribution in [3.05, 3.63) is 54.0 Å². The van der Waals surface area contributed by atoms with Crippen LogP contribution in [0.25, 0.3) is 21.9 Å². The molecule has 3 amide bonds. The van der Waals surface area contributed by atoms with Crippen LogP contribution < -0.4 is 15.4 Å². The van der Waals surface area contributed by atoms with Crippen LogP contribution in [0.4, 0.5) is 4.79 Å². The molecule has 0 aliphatic carbocycles. The predicted octanol–water partition coefficient (Wildman–Crippen LogP) is 2.54. The summed E-state index contributed by atoms with van der Waals surface area (Å²) < 4.78 is 12.6. The van der Waals surface area contributed by atoms with E-state index in [0.717, 1.165) is 11.1 Å². The Morgan fingerprint density at radius 2 is 2.07 bits per heavy atom. The normalized spacial score (nSPS) is 18.7. The SMILES string of the molecule is COc1ccc2cn(C[C@@]3(c4cc5nc(C)ccc5o4)NC(=O)NC3=O)c(O)c2c1. The maximum Gasteiger partial charge on any atom is 0.322 e. The van der Waals surface area contributed by atoms with Crippen LogP contribution in [-0.2, 0) is 16.9 Å². The van der Waals surface area contributed by atoms with Crippen LogP contribution in [-0.4, -0.2) is 33.7 Å². The average Bonchev–Trinajstić information content (AvgIpc) is 3.36. The number of imide groups is 1. The van der Waals surface area contributed by atoms with E-state index in [1.165, 1.54) is 4.57 Å². The maximum atomic E-state index is 12.9. The molecule has 1 saturated heterocycles. The van der Waals surface area contributed by atoms with Crippen LogP contribution in [0.1, 0.15) is 11.5 Å². The first kappa shape index (κ1) is 18.0. The first-order chi connectivity index (χ1) is 14.4. The Kier molecular flexibility index (Phi) is 3.76. The van der Waals surface area contributed by atoms with E-state index in [0.29, 0.717) is 22.2 Å². The summed E-state index contributed by atoms with van der Waals surface area (Å²) in [7, 11) is 1.54. The maximum absolute atomic E-state index is 12.9. The van der Waals surface area contributed by atoms with Gasteiger partial charge in [0.05, 0.1) is 13.7 Å². The molecule has 3 N–H and O–H groups in total. The van der Waals surface area contributed by atoms with Crippen LogP contribution in [0.3, 0.4) is 0 Å². The van der Waals surface area contributed by atoms with Gasteiger partial charge in [-0.05, 0) is 37.3 Å². The minimum absolute atomic E-state index is 0.0534. The van der Waals surface area contributed by atoms with Gasteiger partial charge in [0.2, 0.25) is 0 Å². The van der Waals surface area contributed by atoms with Gasteiger partial charge in [0.15, 0.2) is 17.0 Å². The van der Waals surface area contributed by atoms with Crippen molar-refractivity contribution in [3.8, 4) is 11.6 Å². The lowest BCUT2D eigenvalue weighted by molar-refractivity contribution is -0.125. The van der Waals surface area contributed by atoms with E-state index in [-0.39, 0.29) is 18.2 Å². The molecule has 9 nitrogen and oxygen atoms in total. The van der Waals surface area contributed by atoms with Crippen LogP contribution in [0.15, 0.2) is 47.0 Å². The number of hydrogen-bond donors (Lipinski definition) is 3. The number of carbonyl (C=O) groups is 2. The van der Waals surface area contributed by atoms with Crippen molar-refractivity contribution in [2.45, 2.75) is 19.0 Å². The molecule has 0 unspecified atom stereocenters. The van der Waals surface area contributed by atoms with E-state index in [1.54, 1.807) is 49.7 Å². The highest BCUT2D eigenvalue weighted by Crippen LogP contribution is 2.36. The zero-order valence-electron chi connectivity index (χ0n) is 16.2. The zero-order chi connectivity index (χ0) is 21.0. The second-order valence-corrected chi connectivity index (χ2v) is 7.29. The number of pyridine rings is 1. The third kappa shape index (κ3) is 2.59. The van der Waals surface area contributed by atoms with E-state index < -0.39 is 17.5 Å². The molecule has 0 bridgehead atoms. The highest BCUT2D eigenvalue weighted by atomic mass is 16.5. The molecule has 0 saturated carbocycles. The van der Waals surface area contributed by atoms with E-state index in [4.69, 9.17) is 9.15 Å². The highest BCUT2D eigenvalue weighted by molar-refractivity contribution is 6.07. The minimum Gasteiger partial charge on any atom is -0.497 e. The number of amides is 3. The van der Waals surface area contributed by atoms with Gasteiger partial charge in [-0.2, -0.15) is 0 Å². The van der Waals surface area contributed by atoms with Gasteiger partial charge in [0.1, 0.15) is 17.0 Å². The molecule has 152 valence electrons. The molecular weight excluding hydrogens is 388 g/mol. The molecule has 3 aromatic heterocycles. The van der Waals surface area contributed by atoms with E-state index in [1.807, 2.05) is 6.92 Å². The van der Waals surface area contributed by atoms with E-state index in [9.17, 15) is 14.7 Å². The Morgan fingerprint density at radius 3 is 2.80 bits per heavy atom. The number of aryl methyl sites for hydroxylation is 1. The topological polar surface area (TPSA) is 119 Å². The van der Waals surface area contributed by atoms with Gasteiger partial charge in [-0.3, -0.25) is 10.1 Å². The second kappa shape index (κ2) is 6.24. The van der Waals surface area contributed by atoms with Crippen molar-refractivity contribution >= 4 is 33.8 Å². The van der Waals surface area contributed by atoms with Gasteiger partial charge >= 0.3 is 6.03 Å². The molecule has 0 radical (unpaired) electrons. The number of fused-ring (bicyclic) bond motifs is 2. The molecule has 1 aliphatic heterocycles. The lowest BCUT2D eigenvalue weighted by Gasteiger charge is -2.24. The van der Waals surface area contributed by atoms with Crippen molar-refractivity contribution in [2.24, 2.45) is 0 Å². The number of benzene rings is 1. The summed E-state index contributed by atoms with van der Waals surface area (Å²) in [6.07, 6.45) is 1.70. The fourth-order valence-electron chi connectivity index (χ4n) is 3.82. The van der Waals surface area contributed by atoms with Gasteiger partial charge < -0.3 is 24.1 Å². The first-order valence-electron chi connectivity index (χ1n) is 9.27. The van der Waals surface area contributed by atoms with Crippen molar-refractivity contribution in [2.75, 3.05) is 7.11 Å². The summed E-state index contributed by atoms with van der Waals surface area (Å²) in [5.74, 6) is 0.199. The Bertz CT molecular complexity index is 1340. The summed E-state index contributed by atoms with van der Waals surface area (Å²) in [4.78, 5) is 29.4. The smallest absolute Gasteiger partial charge is 0.322 e. The molecule has 1 aromatic carbocycles. The van der Waals surface area contributed by atoms with E-state index >= 15 is 0 Å². The van der Waals surface area contributed by atoms with Crippen LogP contribution in [0.5, 0.6) is 11.6 Å². The lowest BCUT2D eigenvalue weighted by Crippen LogP contribution is -2.47. The predicted molar refractivity (Wildman–Crippen MR) is 107 cm³/mol. The van der Waals surface area contributed by atoms with Crippen LogP contribution in [0, 0.1) is 6.92 Å². The molecular formula is C21H18N4O5. The lowest BCUT2D eigenvalue weighted by atomic mass is 9.96. The van der Waals surface area contributed by atoms with E-state index in [2.05, 4.69) is 15.6 Å². The van der Waals surface area contributed by atoms with Crippen LogP contribution >= 0.6 is 0 Å². The highest BCUT2D eigenvalue weighted by Gasteiger charge is 2.51. The molecule has 30 heavy (non-hydrogen) atoms. The molecule has 9 heteroatoms. The molecule has 1 atom stereocenters. The van der Waals surface area contributed by atoms with Crippen molar-refractivity contribution < 1.29 is 23.8 Å². The quantitative estimate of drug-likeness (QED) is 0.448. The summed E-state index contributed by atoms with van der Waals surface area (Å²) >= 11 is 0.